The van der Waals surface area contributed by atoms with Crippen molar-refractivity contribution in [3.63, 3.8) is 0 Å². The molecule has 0 fully saturated rings. The van der Waals surface area contributed by atoms with Gasteiger partial charge in [-0.2, -0.15) is 5.26 Å². The summed E-state index contributed by atoms with van der Waals surface area (Å²) in [4.78, 5) is 24.4. The summed E-state index contributed by atoms with van der Waals surface area (Å²) in [7, 11) is 3.99. The van der Waals surface area contributed by atoms with Crippen molar-refractivity contribution in [2.24, 2.45) is 7.05 Å². The fourth-order valence-corrected chi connectivity index (χ4v) is 3.80. The van der Waals surface area contributed by atoms with Crippen molar-refractivity contribution in [3.05, 3.63) is 54.0 Å². The minimum atomic E-state index is -0.348. The molecule has 0 spiro atoms. The Balaban J connectivity index is 1.55. The summed E-state index contributed by atoms with van der Waals surface area (Å²) in [6.45, 7) is 3.18. The Morgan fingerprint density at radius 1 is 1.30 bits per heavy atom. The van der Waals surface area contributed by atoms with Gasteiger partial charge in [-0.05, 0) is 42.2 Å². The summed E-state index contributed by atoms with van der Waals surface area (Å²) in [5, 5.41) is 10.8. The van der Waals surface area contributed by atoms with Crippen LogP contribution in [0.5, 0.6) is 0 Å². The van der Waals surface area contributed by atoms with Gasteiger partial charge in [0.05, 0.1) is 18.0 Å². The first-order valence-electron chi connectivity index (χ1n) is 9.73. The number of fused-ring (bicyclic) bond motifs is 1. The number of hydrogen-bond donors (Lipinski definition) is 1. The third-order valence-electron chi connectivity index (χ3n) is 5.53. The first kappa shape index (κ1) is 19.5. The molecular weight excluding hydrogens is 378 g/mol. The van der Waals surface area contributed by atoms with E-state index in [1.807, 2.05) is 24.7 Å². The normalized spacial score (nSPS) is 13.7. The Morgan fingerprint density at radius 3 is 2.83 bits per heavy atom. The fraction of sp³-hybridized carbons (Fsp3) is 0.273. The minimum absolute atomic E-state index is 0.348. The quantitative estimate of drug-likeness (QED) is 0.537. The Morgan fingerprint density at radius 2 is 2.13 bits per heavy atom. The average molecular weight is 401 g/mol. The number of urea groups is 1. The highest BCUT2D eigenvalue weighted by atomic mass is 16.2. The van der Waals surface area contributed by atoms with Crippen molar-refractivity contribution < 1.29 is 4.79 Å². The van der Waals surface area contributed by atoms with E-state index in [1.54, 1.807) is 23.6 Å². The molecule has 8 nitrogen and oxygen atoms in total. The van der Waals surface area contributed by atoms with Crippen molar-refractivity contribution in [1.82, 2.24) is 24.8 Å². The summed E-state index contributed by atoms with van der Waals surface area (Å²) in [5.74, 6) is 0.859. The molecule has 0 atom stereocenters. The van der Waals surface area contributed by atoms with Gasteiger partial charge in [-0.15, -0.1) is 0 Å². The van der Waals surface area contributed by atoms with Crippen LogP contribution in [-0.4, -0.2) is 45.6 Å². The molecule has 8 heteroatoms. The maximum absolute atomic E-state index is 11.8. The number of benzene rings is 1. The lowest BCUT2D eigenvalue weighted by molar-refractivity contribution is 0.207. The topological polar surface area (TPSA) is 90.1 Å². The number of hydrogen-bond acceptors (Lipinski definition) is 5. The number of rotatable bonds is 3. The number of pyridine rings is 1. The number of aryl methyl sites for hydroxylation is 2. The highest BCUT2D eigenvalue weighted by Gasteiger charge is 2.18. The molecule has 0 unspecified atom stereocenters. The van der Waals surface area contributed by atoms with Gasteiger partial charge in [-0.25, -0.2) is 20.1 Å². The van der Waals surface area contributed by atoms with E-state index < -0.39 is 0 Å². The van der Waals surface area contributed by atoms with Crippen LogP contribution in [0, 0.1) is 18.4 Å². The van der Waals surface area contributed by atoms with Crippen molar-refractivity contribution in [1.29, 1.82) is 5.26 Å². The van der Waals surface area contributed by atoms with Gasteiger partial charge in [0.2, 0.25) is 0 Å². The molecule has 152 valence electrons. The van der Waals surface area contributed by atoms with Gasteiger partial charge >= 0.3 is 6.03 Å². The van der Waals surface area contributed by atoms with E-state index in [9.17, 15) is 4.79 Å². The molecule has 1 aliphatic rings. The summed E-state index contributed by atoms with van der Waals surface area (Å²) < 4.78 is 1.99. The van der Waals surface area contributed by atoms with Gasteiger partial charge < -0.3 is 14.4 Å². The molecule has 4 rings (SSSR count). The lowest BCUT2D eigenvalue weighted by Crippen LogP contribution is -2.40. The second-order valence-electron chi connectivity index (χ2n) is 7.41. The molecule has 2 aromatic heterocycles. The molecule has 3 aromatic rings. The van der Waals surface area contributed by atoms with Gasteiger partial charge in [0.15, 0.2) is 6.19 Å². The maximum atomic E-state index is 11.8. The first-order valence-corrected chi connectivity index (χ1v) is 9.73. The van der Waals surface area contributed by atoms with Crippen LogP contribution in [0.2, 0.25) is 0 Å². The van der Waals surface area contributed by atoms with Crippen molar-refractivity contribution in [2.45, 2.75) is 13.3 Å². The van der Waals surface area contributed by atoms with Gasteiger partial charge in [-0.3, -0.25) is 0 Å². The minimum Gasteiger partial charge on any atom is -0.334 e. The van der Waals surface area contributed by atoms with Gasteiger partial charge in [0.1, 0.15) is 11.3 Å². The SMILES string of the molecule is Cc1cc(C2=CCN(C(=O)NC#N)CC2)ccc1N(C)c1cc2c(cn1)ncn2C. The second-order valence-corrected chi connectivity index (χ2v) is 7.41. The molecule has 0 bridgehead atoms. The lowest BCUT2D eigenvalue weighted by Gasteiger charge is -2.26. The van der Waals surface area contributed by atoms with Crippen LogP contribution >= 0.6 is 0 Å². The Kier molecular flexibility index (Phi) is 5.11. The monoisotopic (exact) mass is 401 g/mol. The average Bonchev–Trinajstić information content (AvgIpc) is 3.13. The van der Waals surface area contributed by atoms with Crippen LogP contribution in [0.1, 0.15) is 17.5 Å². The van der Waals surface area contributed by atoms with E-state index in [4.69, 9.17) is 5.26 Å². The number of anilines is 2. The molecular formula is C22H23N7O. The highest BCUT2D eigenvalue weighted by molar-refractivity contribution is 5.80. The fourth-order valence-electron chi connectivity index (χ4n) is 3.80. The number of nitrogens with one attached hydrogen (secondary N) is 1. The van der Waals surface area contributed by atoms with Crippen molar-refractivity contribution in [2.75, 3.05) is 25.0 Å². The molecule has 2 amide bonds. The summed E-state index contributed by atoms with van der Waals surface area (Å²) in [6, 6.07) is 8.08. The molecule has 3 heterocycles. The zero-order valence-electron chi connectivity index (χ0n) is 17.3. The number of nitriles is 1. The van der Waals surface area contributed by atoms with E-state index in [1.165, 1.54) is 5.57 Å². The number of amides is 2. The van der Waals surface area contributed by atoms with Crippen molar-refractivity contribution >= 4 is 34.1 Å². The third kappa shape index (κ3) is 3.57. The van der Waals surface area contributed by atoms with E-state index in [2.05, 4.69) is 51.4 Å². The molecule has 1 aliphatic heterocycles. The second kappa shape index (κ2) is 7.87. The Bertz CT molecular complexity index is 1190. The first-order chi connectivity index (χ1) is 14.5. The number of nitrogens with zero attached hydrogens (tertiary/aromatic N) is 6. The molecule has 0 aliphatic carbocycles. The van der Waals surface area contributed by atoms with Crippen LogP contribution < -0.4 is 10.2 Å². The number of carbonyl (C=O) groups excluding carboxylic acids is 1. The molecule has 1 N–H and O–H groups in total. The highest BCUT2D eigenvalue weighted by Crippen LogP contribution is 2.31. The van der Waals surface area contributed by atoms with Gasteiger partial charge in [0.25, 0.3) is 0 Å². The van der Waals surface area contributed by atoms with Crippen LogP contribution in [0.3, 0.4) is 0 Å². The van der Waals surface area contributed by atoms with E-state index in [0.717, 1.165) is 40.1 Å². The zero-order valence-corrected chi connectivity index (χ0v) is 17.3. The van der Waals surface area contributed by atoms with Crippen LogP contribution in [0.15, 0.2) is 42.9 Å². The van der Waals surface area contributed by atoms with Gasteiger partial charge in [-0.1, -0.05) is 12.1 Å². The summed E-state index contributed by atoms with van der Waals surface area (Å²) in [5.41, 5.74) is 6.51. The predicted molar refractivity (Wildman–Crippen MR) is 116 cm³/mol. The molecule has 0 saturated heterocycles. The van der Waals surface area contributed by atoms with Crippen molar-refractivity contribution in [3.8, 4) is 6.19 Å². The van der Waals surface area contributed by atoms with Crippen LogP contribution in [-0.2, 0) is 7.05 Å². The number of aromatic nitrogens is 3. The van der Waals surface area contributed by atoms with E-state index >= 15 is 0 Å². The van der Waals surface area contributed by atoms with Crippen LogP contribution in [0.25, 0.3) is 16.6 Å². The molecule has 0 radical (unpaired) electrons. The zero-order chi connectivity index (χ0) is 21.3. The van der Waals surface area contributed by atoms with E-state index in [0.29, 0.717) is 13.1 Å². The van der Waals surface area contributed by atoms with E-state index in [-0.39, 0.29) is 6.03 Å². The smallest absolute Gasteiger partial charge is 0.330 e. The molecule has 30 heavy (non-hydrogen) atoms. The molecule has 0 saturated carbocycles. The molecule has 1 aromatic carbocycles. The largest absolute Gasteiger partial charge is 0.334 e. The Labute approximate surface area is 175 Å². The third-order valence-corrected chi connectivity index (χ3v) is 5.53. The van der Waals surface area contributed by atoms with Gasteiger partial charge in [0, 0.05) is 38.9 Å². The Hall–Kier alpha value is -3.86. The lowest BCUT2D eigenvalue weighted by atomic mass is 9.97. The predicted octanol–water partition coefficient (Wildman–Crippen LogP) is 3.32. The maximum Gasteiger partial charge on any atom is 0.330 e. The number of carbonyl (C=O) groups is 1. The standard InChI is InChI=1S/C22H23N7O/c1-15-10-17(16-6-8-29(9-7-16)22(30)25-13-23)4-5-19(15)28(3)21-11-20-18(12-24-21)26-14-27(20)2/h4-6,10-12,14H,7-9H2,1-3H3,(H,25,30). The number of imidazole rings is 1. The summed E-state index contributed by atoms with van der Waals surface area (Å²) in [6.07, 6.45) is 8.08. The summed E-state index contributed by atoms with van der Waals surface area (Å²) >= 11 is 0. The van der Waals surface area contributed by atoms with Crippen LogP contribution in [0.4, 0.5) is 16.3 Å².